The number of anilines is 1. The normalized spacial score (nSPS) is 13.8. The maximum atomic E-state index is 12.4. The topological polar surface area (TPSA) is 93.0 Å². The molecule has 1 heterocycles. The van der Waals surface area contributed by atoms with Crippen LogP contribution in [0.2, 0.25) is 0 Å². The Labute approximate surface area is 172 Å². The van der Waals surface area contributed by atoms with Crippen LogP contribution >= 0.6 is 11.8 Å². The van der Waals surface area contributed by atoms with Crippen molar-refractivity contribution in [3.8, 4) is 0 Å². The highest BCUT2D eigenvalue weighted by atomic mass is 32.2. The molecule has 152 valence electrons. The van der Waals surface area contributed by atoms with Gasteiger partial charge in [0.05, 0.1) is 15.4 Å². The maximum absolute atomic E-state index is 12.4. The number of carbonyl (C=O) groups excluding carboxylic acids is 2. The molecule has 3 rings (SSSR count). The molecule has 0 atom stereocenters. The number of benzene rings is 2. The summed E-state index contributed by atoms with van der Waals surface area (Å²) in [7, 11) is 0. The van der Waals surface area contributed by atoms with Gasteiger partial charge in [0.1, 0.15) is 0 Å². The molecule has 1 aliphatic rings. The Morgan fingerprint density at radius 3 is 2.41 bits per heavy atom. The number of para-hydroxylation sites is 1. The zero-order valence-corrected chi connectivity index (χ0v) is 16.8. The first kappa shape index (κ1) is 20.7. The molecule has 0 bridgehead atoms. The number of rotatable bonds is 6. The second kappa shape index (κ2) is 9.42. The number of nitro groups is 1. The van der Waals surface area contributed by atoms with Crippen LogP contribution in [0, 0.1) is 10.1 Å². The van der Waals surface area contributed by atoms with Gasteiger partial charge in [0.2, 0.25) is 0 Å². The maximum Gasteiger partial charge on any atom is 0.338 e. The van der Waals surface area contributed by atoms with Crippen LogP contribution in [0.15, 0.2) is 53.4 Å². The third-order valence-electron chi connectivity index (χ3n) is 4.69. The Morgan fingerprint density at radius 1 is 1.10 bits per heavy atom. The first-order valence-corrected chi connectivity index (χ1v) is 10.3. The van der Waals surface area contributed by atoms with Crippen molar-refractivity contribution in [1.82, 2.24) is 4.90 Å². The molecule has 1 fully saturated rings. The van der Waals surface area contributed by atoms with Crippen molar-refractivity contribution >= 4 is 35.0 Å². The molecule has 8 nitrogen and oxygen atoms in total. The van der Waals surface area contributed by atoms with Gasteiger partial charge in [-0.1, -0.05) is 18.2 Å². The summed E-state index contributed by atoms with van der Waals surface area (Å²) in [6, 6.07) is 14.1. The van der Waals surface area contributed by atoms with Crippen LogP contribution in [0.3, 0.4) is 0 Å². The first-order chi connectivity index (χ1) is 14.0. The molecule has 1 aliphatic heterocycles. The SMILES string of the molecule is CSc1ccc(C(=O)OCC(=O)N2CCN(c3ccccc3)CC2)cc1[N+](=O)[O-]. The summed E-state index contributed by atoms with van der Waals surface area (Å²) in [5.74, 6) is -1.03. The summed E-state index contributed by atoms with van der Waals surface area (Å²) >= 11 is 1.22. The summed E-state index contributed by atoms with van der Waals surface area (Å²) in [6.07, 6.45) is 1.72. The second-order valence-electron chi connectivity index (χ2n) is 6.42. The van der Waals surface area contributed by atoms with E-state index < -0.39 is 10.9 Å². The van der Waals surface area contributed by atoms with Crippen molar-refractivity contribution < 1.29 is 19.2 Å². The molecule has 0 aromatic heterocycles. The number of thioether (sulfide) groups is 1. The summed E-state index contributed by atoms with van der Waals surface area (Å²) < 4.78 is 5.09. The monoisotopic (exact) mass is 415 g/mol. The van der Waals surface area contributed by atoms with E-state index in [9.17, 15) is 19.7 Å². The minimum atomic E-state index is -0.753. The average Bonchev–Trinajstić information content (AvgIpc) is 2.77. The average molecular weight is 415 g/mol. The minimum absolute atomic E-state index is 0.0520. The van der Waals surface area contributed by atoms with Crippen molar-refractivity contribution in [2.24, 2.45) is 0 Å². The molecule has 0 unspecified atom stereocenters. The van der Waals surface area contributed by atoms with E-state index >= 15 is 0 Å². The van der Waals surface area contributed by atoms with Crippen LogP contribution in [0.1, 0.15) is 10.4 Å². The minimum Gasteiger partial charge on any atom is -0.452 e. The molecule has 29 heavy (non-hydrogen) atoms. The molecule has 0 aliphatic carbocycles. The lowest BCUT2D eigenvalue weighted by molar-refractivity contribution is -0.387. The first-order valence-electron chi connectivity index (χ1n) is 9.07. The van der Waals surface area contributed by atoms with Crippen molar-refractivity contribution in [1.29, 1.82) is 0 Å². The van der Waals surface area contributed by atoms with Gasteiger partial charge in [0, 0.05) is 37.9 Å². The van der Waals surface area contributed by atoms with Gasteiger partial charge >= 0.3 is 5.97 Å². The fraction of sp³-hybridized carbons (Fsp3) is 0.300. The lowest BCUT2D eigenvalue weighted by atomic mass is 10.2. The number of ether oxygens (including phenoxy) is 1. The third kappa shape index (κ3) is 5.05. The Hall–Kier alpha value is -3.07. The molecular formula is C20H21N3O5S. The van der Waals surface area contributed by atoms with Crippen LogP contribution in [0.4, 0.5) is 11.4 Å². The van der Waals surface area contributed by atoms with Gasteiger partial charge in [-0.3, -0.25) is 14.9 Å². The second-order valence-corrected chi connectivity index (χ2v) is 7.27. The molecule has 0 saturated carbocycles. The molecular weight excluding hydrogens is 394 g/mol. The largest absolute Gasteiger partial charge is 0.452 e. The van der Waals surface area contributed by atoms with Crippen molar-refractivity contribution in [2.75, 3.05) is 43.9 Å². The van der Waals surface area contributed by atoms with E-state index in [0.717, 1.165) is 5.69 Å². The molecule has 1 amide bonds. The Bertz CT molecular complexity index is 898. The molecule has 1 saturated heterocycles. The number of nitro benzene ring substituents is 1. The number of carbonyl (C=O) groups is 2. The smallest absolute Gasteiger partial charge is 0.338 e. The van der Waals surface area contributed by atoms with E-state index in [2.05, 4.69) is 4.90 Å². The third-order valence-corrected chi connectivity index (χ3v) is 5.48. The zero-order valence-electron chi connectivity index (χ0n) is 15.9. The van der Waals surface area contributed by atoms with Gasteiger partial charge in [-0.25, -0.2) is 4.79 Å². The highest BCUT2D eigenvalue weighted by molar-refractivity contribution is 7.98. The van der Waals surface area contributed by atoms with Crippen LogP contribution in [-0.2, 0) is 9.53 Å². The number of nitrogens with zero attached hydrogens (tertiary/aromatic N) is 3. The van der Waals surface area contributed by atoms with Gasteiger partial charge in [-0.2, -0.15) is 0 Å². The van der Waals surface area contributed by atoms with Crippen molar-refractivity contribution in [2.45, 2.75) is 4.90 Å². The standard InChI is InChI=1S/C20H21N3O5S/c1-29-18-8-7-15(13-17(18)23(26)27)20(25)28-14-19(24)22-11-9-21(10-12-22)16-5-3-2-4-6-16/h2-8,13H,9-12,14H2,1H3. The number of esters is 1. The van der Waals surface area contributed by atoms with Crippen molar-refractivity contribution in [3.05, 3.63) is 64.2 Å². The number of hydrogen-bond acceptors (Lipinski definition) is 7. The fourth-order valence-corrected chi connectivity index (χ4v) is 3.66. The summed E-state index contributed by atoms with van der Waals surface area (Å²) in [5, 5.41) is 11.1. The molecule has 0 radical (unpaired) electrons. The lowest BCUT2D eigenvalue weighted by Gasteiger charge is -2.36. The molecule has 0 N–H and O–H groups in total. The lowest BCUT2D eigenvalue weighted by Crippen LogP contribution is -2.49. The summed E-state index contributed by atoms with van der Waals surface area (Å²) in [4.78, 5) is 39.5. The Morgan fingerprint density at radius 2 is 1.79 bits per heavy atom. The highest BCUT2D eigenvalue weighted by Gasteiger charge is 2.23. The number of amides is 1. The number of hydrogen-bond donors (Lipinski definition) is 0. The van der Waals surface area contributed by atoms with Gasteiger partial charge in [-0.15, -0.1) is 11.8 Å². The summed E-state index contributed by atoms with van der Waals surface area (Å²) in [6.45, 7) is 2.10. The molecule has 2 aromatic rings. The van der Waals surface area contributed by atoms with E-state index in [1.807, 2.05) is 30.3 Å². The number of piperazine rings is 1. The van der Waals surface area contributed by atoms with E-state index in [0.29, 0.717) is 31.1 Å². The van der Waals surface area contributed by atoms with E-state index in [4.69, 9.17) is 4.74 Å². The van der Waals surface area contributed by atoms with E-state index in [1.165, 1.54) is 30.0 Å². The highest BCUT2D eigenvalue weighted by Crippen LogP contribution is 2.28. The summed E-state index contributed by atoms with van der Waals surface area (Å²) in [5.41, 5.74) is 1.01. The van der Waals surface area contributed by atoms with Crippen LogP contribution < -0.4 is 4.90 Å². The van der Waals surface area contributed by atoms with Gasteiger partial charge < -0.3 is 14.5 Å². The predicted molar refractivity (Wildman–Crippen MR) is 110 cm³/mol. The zero-order chi connectivity index (χ0) is 20.8. The molecule has 0 spiro atoms. The van der Waals surface area contributed by atoms with Gasteiger partial charge in [-0.05, 0) is 30.5 Å². The fourth-order valence-electron chi connectivity index (χ4n) is 3.11. The predicted octanol–water partition coefficient (Wildman–Crippen LogP) is 2.82. The molecule has 2 aromatic carbocycles. The Kier molecular flexibility index (Phi) is 6.71. The quantitative estimate of drug-likeness (QED) is 0.310. The van der Waals surface area contributed by atoms with E-state index in [1.54, 1.807) is 11.2 Å². The Balaban J connectivity index is 1.53. The van der Waals surface area contributed by atoms with Crippen molar-refractivity contribution in [3.63, 3.8) is 0 Å². The molecule has 9 heteroatoms. The van der Waals surface area contributed by atoms with Gasteiger partial charge in [0.15, 0.2) is 6.61 Å². The van der Waals surface area contributed by atoms with E-state index in [-0.39, 0.29) is 23.8 Å². The van der Waals surface area contributed by atoms with Gasteiger partial charge in [0.25, 0.3) is 11.6 Å². The van der Waals surface area contributed by atoms with Crippen LogP contribution in [0.5, 0.6) is 0 Å². The van der Waals surface area contributed by atoms with Crippen LogP contribution in [0.25, 0.3) is 0 Å². The van der Waals surface area contributed by atoms with Crippen LogP contribution in [-0.4, -0.2) is 60.7 Å².